The van der Waals surface area contributed by atoms with Crippen LogP contribution >= 0.6 is 0 Å². The normalized spacial score (nSPS) is 10.4. The predicted molar refractivity (Wildman–Crippen MR) is 93.2 cm³/mol. The van der Waals surface area contributed by atoms with E-state index >= 15 is 0 Å². The number of nitrogens with one attached hydrogen (secondary N) is 1. The lowest BCUT2D eigenvalue weighted by molar-refractivity contribution is 0.102. The Morgan fingerprint density at radius 1 is 1.04 bits per heavy atom. The zero-order valence-corrected chi connectivity index (χ0v) is 13.8. The number of benzene rings is 2. The molecular formula is C19H17FN2O3. The number of aromatic nitrogens is 1. The number of ether oxygens (including phenoxy) is 2. The van der Waals surface area contributed by atoms with E-state index in [1.165, 1.54) is 19.2 Å². The highest BCUT2D eigenvalue weighted by Gasteiger charge is 2.16. The van der Waals surface area contributed by atoms with Gasteiger partial charge in [-0.2, -0.15) is 0 Å². The van der Waals surface area contributed by atoms with Crippen LogP contribution in [-0.2, 0) is 0 Å². The molecule has 1 aromatic heterocycles. The van der Waals surface area contributed by atoms with Gasteiger partial charge in [-0.15, -0.1) is 0 Å². The van der Waals surface area contributed by atoms with E-state index in [1.807, 2.05) is 12.1 Å². The van der Waals surface area contributed by atoms with Crippen molar-refractivity contribution in [2.45, 2.75) is 0 Å². The number of carbonyl (C=O) groups is 1. The standard InChI is InChI=1S/C19H17FN2O3/c1-24-14-6-7-16(18(12-14)25-2)21-19(23)15-11-13(20)5-8-17(15)22-9-3-4-10-22/h3-12H,1-2H3,(H,21,23). The molecule has 1 N–H and O–H groups in total. The van der Waals surface area contributed by atoms with E-state index in [4.69, 9.17) is 9.47 Å². The van der Waals surface area contributed by atoms with Gasteiger partial charge in [0, 0.05) is 18.5 Å². The fourth-order valence-electron chi connectivity index (χ4n) is 2.50. The molecule has 1 amide bonds. The maximum Gasteiger partial charge on any atom is 0.258 e. The first-order valence-corrected chi connectivity index (χ1v) is 7.58. The molecule has 0 aliphatic heterocycles. The van der Waals surface area contributed by atoms with Gasteiger partial charge in [0.05, 0.1) is 31.2 Å². The Labute approximate surface area is 144 Å². The first-order chi connectivity index (χ1) is 12.1. The maximum atomic E-state index is 13.7. The molecule has 0 saturated heterocycles. The zero-order valence-electron chi connectivity index (χ0n) is 13.8. The van der Waals surface area contributed by atoms with E-state index in [-0.39, 0.29) is 5.56 Å². The topological polar surface area (TPSA) is 52.5 Å². The highest BCUT2D eigenvalue weighted by molar-refractivity contribution is 6.07. The summed E-state index contributed by atoms with van der Waals surface area (Å²) in [6.45, 7) is 0. The number of hydrogen-bond acceptors (Lipinski definition) is 3. The smallest absolute Gasteiger partial charge is 0.258 e. The van der Waals surface area contributed by atoms with Gasteiger partial charge in [0.25, 0.3) is 5.91 Å². The third-order valence-electron chi connectivity index (χ3n) is 3.74. The largest absolute Gasteiger partial charge is 0.497 e. The number of anilines is 1. The van der Waals surface area contributed by atoms with Crippen molar-refractivity contribution in [1.82, 2.24) is 4.57 Å². The van der Waals surface area contributed by atoms with E-state index in [0.717, 1.165) is 0 Å². The van der Waals surface area contributed by atoms with Crippen LogP contribution in [-0.4, -0.2) is 24.7 Å². The summed E-state index contributed by atoms with van der Waals surface area (Å²) in [6, 6.07) is 12.8. The number of hydrogen-bond donors (Lipinski definition) is 1. The van der Waals surface area contributed by atoms with Gasteiger partial charge in [-0.3, -0.25) is 4.79 Å². The minimum Gasteiger partial charge on any atom is -0.497 e. The first-order valence-electron chi connectivity index (χ1n) is 7.58. The molecule has 1 heterocycles. The van der Waals surface area contributed by atoms with E-state index in [9.17, 15) is 9.18 Å². The fraction of sp³-hybridized carbons (Fsp3) is 0.105. The monoisotopic (exact) mass is 340 g/mol. The van der Waals surface area contributed by atoms with E-state index in [2.05, 4.69) is 5.32 Å². The highest BCUT2D eigenvalue weighted by Crippen LogP contribution is 2.30. The molecule has 3 aromatic rings. The molecule has 0 unspecified atom stereocenters. The van der Waals surface area contributed by atoms with Crippen molar-refractivity contribution in [1.29, 1.82) is 0 Å². The summed E-state index contributed by atoms with van der Waals surface area (Å²) in [7, 11) is 3.04. The van der Waals surface area contributed by atoms with Gasteiger partial charge in [-0.25, -0.2) is 4.39 Å². The molecule has 0 saturated carbocycles. The molecule has 0 fully saturated rings. The molecular weight excluding hydrogens is 323 g/mol. The van der Waals surface area contributed by atoms with Gasteiger partial charge in [0.1, 0.15) is 17.3 Å². The van der Waals surface area contributed by atoms with Crippen molar-refractivity contribution >= 4 is 11.6 Å². The Bertz CT molecular complexity index is 892. The Morgan fingerprint density at radius 3 is 2.48 bits per heavy atom. The lowest BCUT2D eigenvalue weighted by atomic mass is 10.1. The minimum absolute atomic E-state index is 0.217. The van der Waals surface area contributed by atoms with Gasteiger partial charge < -0.3 is 19.4 Å². The third kappa shape index (κ3) is 3.47. The van der Waals surface area contributed by atoms with Crippen molar-refractivity contribution in [2.75, 3.05) is 19.5 Å². The van der Waals surface area contributed by atoms with Crippen molar-refractivity contribution < 1.29 is 18.7 Å². The number of carbonyl (C=O) groups excluding carboxylic acids is 1. The molecule has 3 rings (SSSR count). The number of halogens is 1. The fourth-order valence-corrected chi connectivity index (χ4v) is 2.50. The van der Waals surface area contributed by atoms with Gasteiger partial charge in [-0.05, 0) is 42.5 Å². The second-order valence-electron chi connectivity index (χ2n) is 5.27. The molecule has 0 spiro atoms. The average Bonchev–Trinajstić information content (AvgIpc) is 3.16. The van der Waals surface area contributed by atoms with Gasteiger partial charge >= 0.3 is 0 Å². The number of rotatable bonds is 5. The van der Waals surface area contributed by atoms with Crippen molar-refractivity contribution in [2.24, 2.45) is 0 Å². The lowest BCUT2D eigenvalue weighted by Gasteiger charge is -2.14. The molecule has 5 nitrogen and oxygen atoms in total. The molecule has 0 radical (unpaired) electrons. The first kappa shape index (κ1) is 16.6. The molecule has 0 atom stereocenters. The summed E-state index contributed by atoms with van der Waals surface area (Å²) in [5.41, 5.74) is 1.27. The predicted octanol–water partition coefficient (Wildman–Crippen LogP) is 3.89. The average molecular weight is 340 g/mol. The quantitative estimate of drug-likeness (QED) is 0.767. The number of nitrogens with zero attached hydrogens (tertiary/aromatic N) is 1. The van der Waals surface area contributed by atoms with Gasteiger partial charge in [0.2, 0.25) is 0 Å². The van der Waals surface area contributed by atoms with E-state index in [1.54, 1.807) is 48.3 Å². The number of amides is 1. The SMILES string of the molecule is COc1ccc(NC(=O)c2cc(F)ccc2-n2cccc2)c(OC)c1. The molecule has 0 aliphatic rings. The lowest BCUT2D eigenvalue weighted by Crippen LogP contribution is -2.15. The summed E-state index contributed by atoms with van der Waals surface area (Å²) in [4.78, 5) is 12.7. The van der Waals surface area contributed by atoms with E-state index in [0.29, 0.717) is 22.9 Å². The second-order valence-corrected chi connectivity index (χ2v) is 5.27. The summed E-state index contributed by atoms with van der Waals surface area (Å²) in [6.07, 6.45) is 3.58. The summed E-state index contributed by atoms with van der Waals surface area (Å²) >= 11 is 0. The Kier molecular flexibility index (Phi) is 4.70. The van der Waals surface area contributed by atoms with Crippen molar-refractivity contribution in [3.63, 3.8) is 0 Å². The van der Waals surface area contributed by atoms with Crippen LogP contribution in [0.5, 0.6) is 11.5 Å². The van der Waals surface area contributed by atoms with Crippen LogP contribution in [0.25, 0.3) is 5.69 Å². The molecule has 2 aromatic carbocycles. The van der Waals surface area contributed by atoms with Crippen LogP contribution in [0.15, 0.2) is 60.9 Å². The summed E-state index contributed by atoms with van der Waals surface area (Å²) in [5, 5.41) is 2.76. The van der Waals surface area contributed by atoms with Crippen LogP contribution in [0.2, 0.25) is 0 Å². The van der Waals surface area contributed by atoms with Crippen LogP contribution in [0.4, 0.5) is 10.1 Å². The van der Waals surface area contributed by atoms with Crippen LogP contribution < -0.4 is 14.8 Å². The molecule has 0 aliphatic carbocycles. The minimum atomic E-state index is -0.484. The second kappa shape index (κ2) is 7.09. The zero-order chi connectivity index (χ0) is 17.8. The van der Waals surface area contributed by atoms with E-state index < -0.39 is 11.7 Å². The van der Waals surface area contributed by atoms with Crippen LogP contribution in [0, 0.1) is 5.82 Å². The van der Waals surface area contributed by atoms with Gasteiger partial charge in [0.15, 0.2) is 0 Å². The van der Waals surface area contributed by atoms with Crippen LogP contribution in [0.3, 0.4) is 0 Å². The number of methoxy groups -OCH3 is 2. The highest BCUT2D eigenvalue weighted by atomic mass is 19.1. The molecule has 25 heavy (non-hydrogen) atoms. The Hall–Kier alpha value is -3.28. The maximum absolute atomic E-state index is 13.7. The summed E-state index contributed by atoms with van der Waals surface area (Å²) in [5.74, 6) is 0.134. The Morgan fingerprint density at radius 2 is 1.80 bits per heavy atom. The molecule has 0 bridgehead atoms. The van der Waals surface area contributed by atoms with Crippen molar-refractivity contribution in [3.05, 3.63) is 72.3 Å². The van der Waals surface area contributed by atoms with Crippen molar-refractivity contribution in [3.8, 4) is 17.2 Å². The Balaban J connectivity index is 1.96. The molecule has 6 heteroatoms. The molecule has 128 valence electrons. The third-order valence-corrected chi connectivity index (χ3v) is 3.74. The van der Waals surface area contributed by atoms with Gasteiger partial charge in [-0.1, -0.05) is 0 Å². The summed E-state index contributed by atoms with van der Waals surface area (Å²) < 4.78 is 25.9. The van der Waals surface area contributed by atoms with Crippen LogP contribution in [0.1, 0.15) is 10.4 Å².